The van der Waals surface area contributed by atoms with Crippen LogP contribution in [0, 0.1) is 6.92 Å². The second-order valence-electron chi connectivity index (χ2n) is 6.54. The lowest BCUT2D eigenvalue weighted by atomic mass is 9.94. The zero-order chi connectivity index (χ0) is 17.8. The zero-order valence-electron chi connectivity index (χ0n) is 14.8. The average Bonchev–Trinajstić information content (AvgIpc) is 3.08. The predicted octanol–water partition coefficient (Wildman–Crippen LogP) is 2.26. The third-order valence-electron chi connectivity index (χ3n) is 4.64. The largest absolute Gasteiger partial charge is 0.463 e. The third kappa shape index (κ3) is 4.02. The van der Waals surface area contributed by atoms with Gasteiger partial charge < -0.3 is 15.4 Å². The predicted molar refractivity (Wildman–Crippen MR) is 94.9 cm³/mol. The van der Waals surface area contributed by atoms with Crippen molar-refractivity contribution in [2.45, 2.75) is 32.7 Å². The molecule has 2 amide bonds. The lowest BCUT2D eigenvalue weighted by Gasteiger charge is -2.31. The maximum atomic E-state index is 12.6. The molecule has 0 spiro atoms. The van der Waals surface area contributed by atoms with Crippen molar-refractivity contribution >= 4 is 12.0 Å². The van der Waals surface area contributed by atoms with Gasteiger partial charge in [0.15, 0.2) is 0 Å². The fourth-order valence-corrected chi connectivity index (χ4v) is 3.37. The van der Waals surface area contributed by atoms with E-state index in [1.165, 1.54) is 0 Å². The minimum absolute atomic E-state index is 0.284. The van der Waals surface area contributed by atoms with E-state index in [1.54, 1.807) is 6.92 Å². The van der Waals surface area contributed by atoms with Crippen molar-refractivity contribution in [1.82, 2.24) is 15.5 Å². The fraction of sp³-hybridized carbons (Fsp3) is 0.474. The summed E-state index contributed by atoms with van der Waals surface area (Å²) in [5, 5.41) is 5.70. The molecule has 25 heavy (non-hydrogen) atoms. The van der Waals surface area contributed by atoms with Crippen LogP contribution >= 0.6 is 0 Å². The number of carbonyl (C=O) groups excluding carboxylic acids is 2. The summed E-state index contributed by atoms with van der Waals surface area (Å²) in [7, 11) is 0. The molecule has 0 radical (unpaired) electrons. The number of urea groups is 1. The van der Waals surface area contributed by atoms with Crippen LogP contribution in [0.5, 0.6) is 0 Å². The van der Waals surface area contributed by atoms with Gasteiger partial charge in [0, 0.05) is 12.2 Å². The van der Waals surface area contributed by atoms with E-state index in [4.69, 9.17) is 4.74 Å². The molecule has 0 aromatic heterocycles. The number of carbonyl (C=O) groups is 2. The molecule has 134 valence electrons. The summed E-state index contributed by atoms with van der Waals surface area (Å²) < 4.78 is 5.28. The first-order chi connectivity index (χ1) is 12.1. The van der Waals surface area contributed by atoms with Crippen LogP contribution in [0.3, 0.4) is 0 Å². The minimum atomic E-state index is -0.494. The quantitative estimate of drug-likeness (QED) is 0.805. The van der Waals surface area contributed by atoms with Gasteiger partial charge in [-0.05, 0) is 45.3 Å². The van der Waals surface area contributed by atoms with Crippen molar-refractivity contribution < 1.29 is 14.3 Å². The molecular formula is C19H25N3O3. The Hall–Kier alpha value is -2.34. The van der Waals surface area contributed by atoms with E-state index in [0.717, 1.165) is 37.1 Å². The summed E-state index contributed by atoms with van der Waals surface area (Å²) in [6.45, 7) is 6.62. The summed E-state index contributed by atoms with van der Waals surface area (Å²) >= 11 is 0. The molecule has 1 fully saturated rings. The van der Waals surface area contributed by atoms with Gasteiger partial charge in [-0.15, -0.1) is 0 Å². The lowest BCUT2D eigenvalue weighted by Crippen LogP contribution is -2.48. The molecule has 1 aromatic rings. The van der Waals surface area contributed by atoms with Crippen LogP contribution in [0.1, 0.15) is 36.9 Å². The molecule has 1 saturated heterocycles. The number of likely N-dealkylation sites (tertiary alicyclic amines) is 1. The van der Waals surface area contributed by atoms with Gasteiger partial charge in [-0.25, -0.2) is 9.59 Å². The van der Waals surface area contributed by atoms with E-state index in [2.05, 4.69) is 15.5 Å². The van der Waals surface area contributed by atoms with Crippen LogP contribution in [0.4, 0.5) is 4.79 Å². The Morgan fingerprint density at radius 2 is 1.92 bits per heavy atom. The van der Waals surface area contributed by atoms with E-state index in [9.17, 15) is 9.59 Å². The van der Waals surface area contributed by atoms with E-state index >= 15 is 0 Å². The number of ether oxygens (including phenoxy) is 1. The molecule has 0 aliphatic carbocycles. The molecule has 1 aromatic carbocycles. The van der Waals surface area contributed by atoms with E-state index < -0.39 is 6.04 Å². The Bertz CT molecular complexity index is 676. The van der Waals surface area contributed by atoms with Crippen molar-refractivity contribution in [2.24, 2.45) is 0 Å². The van der Waals surface area contributed by atoms with Crippen molar-refractivity contribution in [3.05, 3.63) is 46.7 Å². The van der Waals surface area contributed by atoms with Crippen LogP contribution in [-0.2, 0) is 9.53 Å². The van der Waals surface area contributed by atoms with Gasteiger partial charge in [0.25, 0.3) is 0 Å². The highest BCUT2D eigenvalue weighted by Crippen LogP contribution is 2.28. The molecule has 2 N–H and O–H groups in total. The maximum absolute atomic E-state index is 12.6. The van der Waals surface area contributed by atoms with Gasteiger partial charge in [0.2, 0.25) is 0 Å². The number of hydrogen-bond donors (Lipinski definition) is 2. The number of benzene rings is 1. The van der Waals surface area contributed by atoms with E-state index in [1.807, 2.05) is 31.2 Å². The molecule has 1 atom stereocenters. The molecule has 6 nitrogen and oxygen atoms in total. The van der Waals surface area contributed by atoms with Gasteiger partial charge in [-0.2, -0.15) is 0 Å². The highest BCUT2D eigenvalue weighted by molar-refractivity contribution is 5.95. The standard InChI is InChI=1S/C19H25N3O3/c1-3-25-18(23)16-15(12-22-10-4-5-11-22)20-19(24)21-17(16)14-8-6-13(2)7-9-14/h6-9,17H,3-5,10-12H2,1-2H3,(H2,20,21,24)/t17-/m1/s1. The van der Waals surface area contributed by atoms with Crippen molar-refractivity contribution in [1.29, 1.82) is 0 Å². The monoisotopic (exact) mass is 343 g/mol. The number of nitrogens with one attached hydrogen (secondary N) is 2. The van der Waals surface area contributed by atoms with E-state index in [-0.39, 0.29) is 12.0 Å². The minimum Gasteiger partial charge on any atom is -0.463 e. The molecule has 0 bridgehead atoms. The first-order valence-corrected chi connectivity index (χ1v) is 8.85. The number of amides is 2. The Kier molecular flexibility index (Phi) is 5.38. The van der Waals surface area contributed by atoms with Crippen LogP contribution in [0.2, 0.25) is 0 Å². The van der Waals surface area contributed by atoms with Gasteiger partial charge in [-0.3, -0.25) is 4.90 Å². The fourth-order valence-electron chi connectivity index (χ4n) is 3.37. The highest BCUT2D eigenvalue weighted by atomic mass is 16.5. The Labute approximate surface area is 148 Å². The average molecular weight is 343 g/mol. The van der Waals surface area contributed by atoms with Crippen molar-refractivity contribution in [3.63, 3.8) is 0 Å². The second-order valence-corrected chi connectivity index (χ2v) is 6.54. The number of esters is 1. The first kappa shape index (κ1) is 17.5. The Balaban J connectivity index is 1.98. The molecule has 0 saturated carbocycles. The van der Waals surface area contributed by atoms with Crippen LogP contribution in [0.25, 0.3) is 0 Å². The molecule has 6 heteroatoms. The summed E-state index contributed by atoms with van der Waals surface area (Å²) in [5.74, 6) is -0.380. The highest BCUT2D eigenvalue weighted by Gasteiger charge is 2.34. The van der Waals surface area contributed by atoms with Crippen LogP contribution < -0.4 is 10.6 Å². The Morgan fingerprint density at radius 3 is 2.56 bits per heavy atom. The number of aryl methyl sites for hydroxylation is 1. The third-order valence-corrected chi connectivity index (χ3v) is 4.64. The number of rotatable bonds is 5. The normalized spacial score (nSPS) is 21.0. The summed E-state index contributed by atoms with van der Waals surface area (Å²) in [4.78, 5) is 27.1. The zero-order valence-corrected chi connectivity index (χ0v) is 14.8. The molecule has 0 unspecified atom stereocenters. The summed E-state index contributed by atoms with van der Waals surface area (Å²) in [6, 6.07) is 7.06. The maximum Gasteiger partial charge on any atom is 0.338 e. The van der Waals surface area contributed by atoms with Gasteiger partial charge in [-0.1, -0.05) is 29.8 Å². The molecule has 2 heterocycles. The molecule has 2 aliphatic heterocycles. The van der Waals surface area contributed by atoms with Gasteiger partial charge in [0.1, 0.15) is 0 Å². The number of hydrogen-bond acceptors (Lipinski definition) is 4. The number of nitrogens with zero attached hydrogens (tertiary/aromatic N) is 1. The smallest absolute Gasteiger partial charge is 0.338 e. The van der Waals surface area contributed by atoms with Crippen molar-refractivity contribution in [3.8, 4) is 0 Å². The van der Waals surface area contributed by atoms with Crippen LogP contribution in [0.15, 0.2) is 35.5 Å². The Morgan fingerprint density at radius 1 is 1.24 bits per heavy atom. The lowest BCUT2D eigenvalue weighted by molar-refractivity contribution is -0.139. The topological polar surface area (TPSA) is 70.7 Å². The van der Waals surface area contributed by atoms with Gasteiger partial charge >= 0.3 is 12.0 Å². The summed E-state index contributed by atoms with van der Waals surface area (Å²) in [6.07, 6.45) is 2.30. The van der Waals surface area contributed by atoms with Gasteiger partial charge in [0.05, 0.1) is 18.2 Å². The molecular weight excluding hydrogens is 318 g/mol. The molecule has 3 rings (SSSR count). The molecule has 2 aliphatic rings. The van der Waals surface area contributed by atoms with Crippen molar-refractivity contribution in [2.75, 3.05) is 26.2 Å². The summed E-state index contributed by atoms with van der Waals surface area (Å²) in [5.41, 5.74) is 3.15. The SMILES string of the molecule is CCOC(=O)C1=C(CN2CCCC2)NC(=O)N[C@@H]1c1ccc(C)cc1. The van der Waals surface area contributed by atoms with E-state index in [0.29, 0.717) is 24.4 Å². The van der Waals surface area contributed by atoms with Crippen LogP contribution in [-0.4, -0.2) is 43.1 Å². The second kappa shape index (κ2) is 7.70. The first-order valence-electron chi connectivity index (χ1n) is 8.85.